The third-order valence-corrected chi connectivity index (χ3v) is 3.37. The van der Waals surface area contributed by atoms with Gasteiger partial charge in [-0.3, -0.25) is 4.79 Å². The Balaban J connectivity index is 2.13. The number of ether oxygens (including phenoxy) is 1. The van der Waals surface area contributed by atoms with E-state index in [2.05, 4.69) is 15.9 Å². The summed E-state index contributed by atoms with van der Waals surface area (Å²) in [4.78, 5) is 11.8. The topological polar surface area (TPSA) is 26.3 Å². The molecular formula is C14H8BrClF2O2. The van der Waals surface area contributed by atoms with Gasteiger partial charge in [0.2, 0.25) is 5.78 Å². The van der Waals surface area contributed by atoms with E-state index >= 15 is 0 Å². The number of hydrogen-bond donors (Lipinski definition) is 0. The smallest absolute Gasteiger partial charge is 0.206 e. The number of carbonyl (C=O) groups excluding carboxylic acids is 1. The second kappa shape index (κ2) is 6.33. The summed E-state index contributed by atoms with van der Waals surface area (Å²) in [6.45, 7) is -0.466. The van der Waals surface area contributed by atoms with E-state index in [9.17, 15) is 13.6 Å². The Morgan fingerprint density at radius 2 is 1.80 bits per heavy atom. The predicted molar refractivity (Wildman–Crippen MR) is 75.3 cm³/mol. The molecule has 0 heterocycles. The summed E-state index contributed by atoms with van der Waals surface area (Å²) in [6.07, 6.45) is 0. The Kier molecular flexibility index (Phi) is 4.73. The summed E-state index contributed by atoms with van der Waals surface area (Å²) >= 11 is 8.61. The molecule has 0 fully saturated rings. The third kappa shape index (κ3) is 3.35. The maximum absolute atomic E-state index is 13.7. The molecule has 0 unspecified atom stereocenters. The van der Waals surface area contributed by atoms with Gasteiger partial charge in [-0.25, -0.2) is 8.78 Å². The Morgan fingerprint density at radius 3 is 2.45 bits per heavy atom. The van der Waals surface area contributed by atoms with Crippen molar-refractivity contribution in [2.75, 3.05) is 6.61 Å². The van der Waals surface area contributed by atoms with E-state index in [1.54, 1.807) is 24.3 Å². The van der Waals surface area contributed by atoms with Crippen LogP contribution < -0.4 is 4.74 Å². The van der Waals surface area contributed by atoms with E-state index in [4.69, 9.17) is 16.3 Å². The summed E-state index contributed by atoms with van der Waals surface area (Å²) in [7, 11) is 0. The van der Waals surface area contributed by atoms with Gasteiger partial charge in [0.25, 0.3) is 0 Å². The summed E-state index contributed by atoms with van der Waals surface area (Å²) in [5.74, 6) is -2.25. The normalized spacial score (nSPS) is 10.4. The van der Waals surface area contributed by atoms with Crippen LogP contribution in [0.2, 0.25) is 5.02 Å². The molecule has 0 N–H and O–H groups in total. The lowest BCUT2D eigenvalue weighted by Crippen LogP contribution is -2.15. The zero-order valence-corrected chi connectivity index (χ0v) is 12.3. The van der Waals surface area contributed by atoms with E-state index < -0.39 is 29.6 Å². The van der Waals surface area contributed by atoms with Crippen LogP contribution in [0.25, 0.3) is 0 Å². The van der Waals surface area contributed by atoms with Crippen LogP contribution in [0.1, 0.15) is 10.4 Å². The van der Waals surface area contributed by atoms with Gasteiger partial charge in [0.15, 0.2) is 12.4 Å². The second-order valence-electron chi connectivity index (χ2n) is 3.88. The second-order valence-corrected chi connectivity index (χ2v) is 5.17. The van der Waals surface area contributed by atoms with Crippen molar-refractivity contribution in [3.05, 3.63) is 63.1 Å². The molecule has 0 bridgehead atoms. The van der Waals surface area contributed by atoms with Crippen LogP contribution in [0.3, 0.4) is 0 Å². The monoisotopic (exact) mass is 360 g/mol. The fourth-order valence-electron chi connectivity index (χ4n) is 1.53. The highest BCUT2D eigenvalue weighted by Crippen LogP contribution is 2.22. The lowest BCUT2D eigenvalue weighted by Gasteiger charge is -2.08. The molecule has 0 aromatic heterocycles. The summed E-state index contributed by atoms with van der Waals surface area (Å²) in [5.41, 5.74) is -0.617. The molecule has 2 aromatic rings. The minimum atomic E-state index is -0.935. The van der Waals surface area contributed by atoms with Crippen LogP contribution in [0.4, 0.5) is 8.78 Å². The maximum Gasteiger partial charge on any atom is 0.206 e. The molecule has 104 valence electrons. The molecule has 2 nitrogen and oxygen atoms in total. The number of benzene rings is 2. The fourth-order valence-corrected chi connectivity index (χ4v) is 1.99. The van der Waals surface area contributed by atoms with Gasteiger partial charge < -0.3 is 4.74 Å². The van der Waals surface area contributed by atoms with Crippen molar-refractivity contribution in [1.29, 1.82) is 0 Å². The van der Waals surface area contributed by atoms with Crippen molar-refractivity contribution in [1.82, 2.24) is 0 Å². The van der Waals surface area contributed by atoms with Crippen LogP contribution in [0.15, 0.2) is 40.9 Å². The van der Waals surface area contributed by atoms with Crippen molar-refractivity contribution in [2.45, 2.75) is 0 Å². The van der Waals surface area contributed by atoms with Gasteiger partial charge in [-0.1, -0.05) is 11.6 Å². The highest BCUT2D eigenvalue weighted by Gasteiger charge is 2.20. The average molecular weight is 362 g/mol. The fraction of sp³-hybridized carbons (Fsp3) is 0.0714. The molecule has 0 aliphatic rings. The number of ketones is 1. The van der Waals surface area contributed by atoms with Crippen LogP contribution in [-0.2, 0) is 0 Å². The highest BCUT2D eigenvalue weighted by molar-refractivity contribution is 9.10. The minimum Gasteiger partial charge on any atom is -0.485 e. The van der Waals surface area contributed by atoms with Gasteiger partial charge in [0, 0.05) is 5.02 Å². The van der Waals surface area contributed by atoms with E-state index in [-0.39, 0.29) is 4.47 Å². The summed E-state index contributed by atoms with van der Waals surface area (Å²) < 4.78 is 32.4. The summed E-state index contributed by atoms with van der Waals surface area (Å²) in [5, 5.41) is 0.521. The lowest BCUT2D eigenvalue weighted by molar-refractivity contribution is 0.0913. The van der Waals surface area contributed by atoms with Gasteiger partial charge >= 0.3 is 0 Å². The molecule has 0 saturated carbocycles. The molecular weight excluding hydrogens is 354 g/mol. The van der Waals surface area contributed by atoms with Crippen molar-refractivity contribution in [3.8, 4) is 5.75 Å². The first kappa shape index (κ1) is 14.9. The maximum atomic E-state index is 13.7. The predicted octanol–water partition coefficient (Wildman–Crippen LogP) is 4.64. The first-order chi connectivity index (χ1) is 9.49. The van der Waals surface area contributed by atoms with E-state index in [1.807, 2.05) is 0 Å². The van der Waals surface area contributed by atoms with Gasteiger partial charge in [0.1, 0.15) is 11.6 Å². The molecule has 0 saturated heterocycles. The van der Waals surface area contributed by atoms with Crippen LogP contribution in [0.5, 0.6) is 5.75 Å². The van der Waals surface area contributed by atoms with E-state index in [0.29, 0.717) is 10.8 Å². The zero-order chi connectivity index (χ0) is 14.7. The number of halogens is 4. The van der Waals surface area contributed by atoms with Crippen molar-refractivity contribution in [2.24, 2.45) is 0 Å². The van der Waals surface area contributed by atoms with Crippen LogP contribution >= 0.6 is 27.5 Å². The third-order valence-electron chi connectivity index (χ3n) is 2.51. The van der Waals surface area contributed by atoms with Gasteiger partial charge in [-0.15, -0.1) is 0 Å². The minimum absolute atomic E-state index is 0.0220. The summed E-state index contributed by atoms with van der Waals surface area (Å²) in [6, 6.07) is 8.50. The highest BCUT2D eigenvalue weighted by atomic mass is 79.9. The molecule has 2 aromatic carbocycles. The molecule has 20 heavy (non-hydrogen) atoms. The van der Waals surface area contributed by atoms with Crippen LogP contribution in [0, 0.1) is 11.6 Å². The van der Waals surface area contributed by atoms with Crippen molar-refractivity contribution < 1.29 is 18.3 Å². The van der Waals surface area contributed by atoms with Gasteiger partial charge in [0.05, 0.1) is 10.0 Å². The standard InChI is InChI=1S/C14H8BrClF2O2/c15-10-5-6-11(17)13(14(10)18)12(19)7-20-9-3-1-8(16)2-4-9/h1-6H,7H2. The number of Topliss-reactive ketones (excluding diaryl/α,β-unsaturated/α-hetero) is 1. The van der Waals surface area contributed by atoms with Gasteiger partial charge in [-0.2, -0.15) is 0 Å². The Hall–Kier alpha value is -1.46. The van der Waals surface area contributed by atoms with Crippen LogP contribution in [-0.4, -0.2) is 12.4 Å². The van der Waals surface area contributed by atoms with Crippen molar-refractivity contribution >= 4 is 33.3 Å². The molecule has 0 atom stereocenters. The molecule has 0 aliphatic carbocycles. The average Bonchev–Trinajstić information content (AvgIpc) is 2.43. The first-order valence-electron chi connectivity index (χ1n) is 5.54. The number of carbonyl (C=O) groups is 1. The largest absolute Gasteiger partial charge is 0.485 e. The first-order valence-corrected chi connectivity index (χ1v) is 6.71. The number of hydrogen-bond acceptors (Lipinski definition) is 2. The molecule has 6 heteroatoms. The molecule has 2 rings (SSSR count). The molecule has 0 aliphatic heterocycles. The Bertz CT molecular complexity index is 644. The van der Waals surface area contributed by atoms with E-state index in [0.717, 1.165) is 6.07 Å². The Labute approximate surface area is 127 Å². The molecule has 0 amide bonds. The quantitative estimate of drug-likeness (QED) is 0.586. The molecule has 0 spiro atoms. The molecule has 0 radical (unpaired) electrons. The SMILES string of the molecule is O=C(COc1ccc(Cl)cc1)c1c(F)ccc(Br)c1F. The van der Waals surface area contributed by atoms with Gasteiger partial charge in [-0.05, 0) is 52.3 Å². The zero-order valence-electron chi connectivity index (χ0n) is 10.00. The van der Waals surface area contributed by atoms with Crippen molar-refractivity contribution in [3.63, 3.8) is 0 Å². The Morgan fingerprint density at radius 1 is 1.15 bits per heavy atom. The van der Waals surface area contributed by atoms with E-state index in [1.165, 1.54) is 6.07 Å². The number of rotatable bonds is 4. The lowest BCUT2D eigenvalue weighted by atomic mass is 10.1.